The van der Waals surface area contributed by atoms with Crippen molar-refractivity contribution >= 4 is 17.8 Å². The Hall–Kier alpha value is -2.64. The van der Waals surface area contributed by atoms with Gasteiger partial charge < -0.3 is 19.9 Å². The number of aliphatic carboxylic acids is 1. The van der Waals surface area contributed by atoms with Crippen molar-refractivity contribution in [1.29, 1.82) is 0 Å². The minimum absolute atomic E-state index is 0.204. The molecule has 1 aliphatic heterocycles. The van der Waals surface area contributed by atoms with Gasteiger partial charge in [0.25, 0.3) is 5.91 Å². The van der Waals surface area contributed by atoms with Gasteiger partial charge in [0.2, 0.25) is 11.5 Å². The van der Waals surface area contributed by atoms with Crippen molar-refractivity contribution in [1.82, 2.24) is 14.8 Å². The molecule has 0 bridgehead atoms. The number of nitrogens with zero attached hydrogens (tertiary/aromatic N) is 2. The van der Waals surface area contributed by atoms with E-state index in [4.69, 9.17) is 5.11 Å². The number of hydrogen-bond acceptors (Lipinski definition) is 4. The van der Waals surface area contributed by atoms with Gasteiger partial charge in [-0.25, -0.2) is 0 Å². The monoisotopic (exact) mass is 391 g/mol. The van der Waals surface area contributed by atoms with E-state index in [1.54, 1.807) is 11.0 Å². The summed E-state index contributed by atoms with van der Waals surface area (Å²) in [4.78, 5) is 53.6. The maximum Gasteiger partial charge on any atom is 0.323 e. The van der Waals surface area contributed by atoms with E-state index in [9.17, 15) is 19.2 Å². The van der Waals surface area contributed by atoms with Gasteiger partial charge in [-0.15, -0.1) is 0 Å². The fourth-order valence-electron chi connectivity index (χ4n) is 3.69. The Morgan fingerprint density at radius 2 is 1.96 bits per heavy atom. The number of H-pyrrole nitrogens is 1. The maximum atomic E-state index is 12.9. The van der Waals surface area contributed by atoms with Crippen molar-refractivity contribution in [2.45, 2.75) is 52.5 Å². The molecule has 8 heteroatoms. The summed E-state index contributed by atoms with van der Waals surface area (Å²) in [5.41, 5.74) is 0.813. The highest BCUT2D eigenvalue weighted by atomic mass is 16.4. The summed E-state index contributed by atoms with van der Waals surface area (Å²) in [6, 6.07) is 2.85. The minimum Gasteiger partial charge on any atom is -0.480 e. The predicted molar refractivity (Wildman–Crippen MR) is 104 cm³/mol. The average molecular weight is 391 g/mol. The number of carboxylic acid groups (broad SMARTS) is 1. The molecule has 0 aromatic carbocycles. The molecule has 1 unspecified atom stereocenters. The van der Waals surface area contributed by atoms with E-state index in [0.717, 1.165) is 5.69 Å². The van der Waals surface area contributed by atoms with Crippen LogP contribution in [0.1, 0.15) is 56.1 Å². The van der Waals surface area contributed by atoms with Crippen LogP contribution < -0.4 is 5.56 Å². The lowest BCUT2D eigenvalue weighted by molar-refractivity contribution is -0.145. The highest BCUT2D eigenvalue weighted by Crippen LogP contribution is 2.19. The molecule has 1 aromatic rings. The third-order valence-electron chi connectivity index (χ3n) is 4.91. The summed E-state index contributed by atoms with van der Waals surface area (Å²) >= 11 is 0. The van der Waals surface area contributed by atoms with Crippen molar-refractivity contribution in [2.75, 3.05) is 19.6 Å². The van der Waals surface area contributed by atoms with Crippen LogP contribution >= 0.6 is 0 Å². The normalized spacial score (nSPS) is 17.3. The molecular formula is C20H29N3O5. The van der Waals surface area contributed by atoms with Crippen LogP contribution in [0.15, 0.2) is 16.9 Å². The van der Waals surface area contributed by atoms with E-state index in [1.807, 2.05) is 13.8 Å². The summed E-state index contributed by atoms with van der Waals surface area (Å²) in [6.45, 7) is 6.04. The van der Waals surface area contributed by atoms with Crippen LogP contribution in [0.2, 0.25) is 0 Å². The zero-order chi connectivity index (χ0) is 20.8. The molecule has 28 heavy (non-hydrogen) atoms. The molecule has 1 saturated heterocycles. The number of likely N-dealkylation sites (tertiary alicyclic amines) is 1. The quantitative estimate of drug-likeness (QED) is 0.763. The number of aromatic nitrogens is 1. The van der Waals surface area contributed by atoms with Crippen molar-refractivity contribution in [3.05, 3.63) is 33.7 Å². The van der Waals surface area contributed by atoms with E-state index in [-0.39, 0.29) is 30.0 Å². The molecule has 1 aliphatic rings. The molecule has 0 spiro atoms. The number of pyridine rings is 1. The molecule has 1 atom stereocenters. The molecule has 8 nitrogen and oxygen atoms in total. The van der Waals surface area contributed by atoms with Crippen LogP contribution in [-0.2, 0) is 16.0 Å². The third kappa shape index (κ3) is 5.94. The molecule has 2 N–H and O–H groups in total. The highest BCUT2D eigenvalue weighted by Gasteiger charge is 2.28. The summed E-state index contributed by atoms with van der Waals surface area (Å²) in [5, 5.41) is 9.05. The number of rotatable bonds is 6. The van der Waals surface area contributed by atoms with E-state index >= 15 is 0 Å². The van der Waals surface area contributed by atoms with Crippen LogP contribution in [-0.4, -0.2) is 63.4 Å². The SMILES string of the molecule is CC(=O)N(CC(=O)O)C1CCCN(C(=O)c2cc(CC(C)C)[nH]c(=O)c2)CC1. The maximum absolute atomic E-state index is 12.9. The lowest BCUT2D eigenvalue weighted by atomic mass is 10.1. The molecule has 0 radical (unpaired) electrons. The zero-order valence-corrected chi connectivity index (χ0v) is 16.7. The van der Waals surface area contributed by atoms with Crippen LogP contribution in [0.5, 0.6) is 0 Å². The number of amides is 2. The van der Waals surface area contributed by atoms with Crippen molar-refractivity contribution in [2.24, 2.45) is 5.92 Å². The van der Waals surface area contributed by atoms with Crippen molar-refractivity contribution in [3.8, 4) is 0 Å². The first kappa shape index (κ1) is 21.7. The number of carbonyl (C=O) groups excluding carboxylic acids is 2. The van der Waals surface area contributed by atoms with Gasteiger partial charge in [-0.05, 0) is 37.7 Å². The Labute approximate surface area is 164 Å². The molecule has 154 valence electrons. The molecular weight excluding hydrogens is 362 g/mol. The first-order chi connectivity index (χ1) is 13.2. The molecule has 2 heterocycles. The van der Waals surface area contributed by atoms with Crippen LogP contribution in [0, 0.1) is 5.92 Å². The van der Waals surface area contributed by atoms with Gasteiger partial charge in [0.1, 0.15) is 6.54 Å². The third-order valence-corrected chi connectivity index (χ3v) is 4.91. The molecule has 2 rings (SSSR count). The van der Waals surface area contributed by atoms with Gasteiger partial charge in [0, 0.05) is 43.4 Å². The van der Waals surface area contributed by atoms with Crippen molar-refractivity contribution < 1.29 is 19.5 Å². The first-order valence-corrected chi connectivity index (χ1v) is 9.69. The van der Waals surface area contributed by atoms with E-state index in [1.165, 1.54) is 17.9 Å². The Kier molecular flexibility index (Phi) is 7.37. The first-order valence-electron chi connectivity index (χ1n) is 9.69. The predicted octanol–water partition coefficient (Wildman–Crippen LogP) is 1.50. The smallest absolute Gasteiger partial charge is 0.323 e. The van der Waals surface area contributed by atoms with Gasteiger partial charge in [0.05, 0.1) is 0 Å². The van der Waals surface area contributed by atoms with Crippen molar-refractivity contribution in [3.63, 3.8) is 0 Å². The lowest BCUT2D eigenvalue weighted by Crippen LogP contribution is -2.43. The van der Waals surface area contributed by atoms with E-state index < -0.39 is 5.97 Å². The summed E-state index contributed by atoms with van der Waals surface area (Å²) < 4.78 is 0. The van der Waals surface area contributed by atoms with E-state index in [0.29, 0.717) is 50.3 Å². The number of carbonyl (C=O) groups is 3. The molecule has 2 amide bonds. The number of hydrogen-bond donors (Lipinski definition) is 2. The number of carboxylic acids is 1. The largest absolute Gasteiger partial charge is 0.480 e. The molecule has 1 aromatic heterocycles. The Morgan fingerprint density at radius 3 is 2.57 bits per heavy atom. The Balaban J connectivity index is 2.12. The topological polar surface area (TPSA) is 111 Å². The molecule has 0 saturated carbocycles. The lowest BCUT2D eigenvalue weighted by Gasteiger charge is -2.28. The second-order valence-electron chi connectivity index (χ2n) is 7.77. The number of nitrogens with one attached hydrogen (secondary N) is 1. The van der Waals surface area contributed by atoms with Gasteiger partial charge >= 0.3 is 5.97 Å². The number of aromatic amines is 1. The standard InChI is InChI=1S/C20H29N3O5/c1-13(2)9-16-10-15(11-18(25)21-16)20(28)22-7-4-5-17(6-8-22)23(14(3)24)12-19(26)27/h10-11,13,17H,4-9,12H2,1-3H3,(H,21,25)(H,26,27). The van der Waals surface area contributed by atoms with E-state index in [2.05, 4.69) is 4.98 Å². The second kappa shape index (κ2) is 9.52. The molecule has 1 fully saturated rings. The molecule has 0 aliphatic carbocycles. The van der Waals surface area contributed by atoms with Crippen LogP contribution in [0.4, 0.5) is 0 Å². The fraction of sp³-hybridized carbons (Fsp3) is 0.600. The summed E-state index contributed by atoms with van der Waals surface area (Å²) in [7, 11) is 0. The summed E-state index contributed by atoms with van der Waals surface area (Å²) in [6.07, 6.45) is 2.51. The minimum atomic E-state index is -1.05. The van der Waals surface area contributed by atoms with Gasteiger partial charge in [-0.3, -0.25) is 19.2 Å². The highest BCUT2D eigenvalue weighted by molar-refractivity contribution is 5.94. The Morgan fingerprint density at radius 1 is 1.25 bits per heavy atom. The summed E-state index contributed by atoms with van der Waals surface area (Å²) in [5.74, 6) is -1.18. The van der Waals surface area contributed by atoms with Gasteiger partial charge in [0.15, 0.2) is 0 Å². The fourth-order valence-corrected chi connectivity index (χ4v) is 3.69. The Bertz CT molecular complexity index is 786. The van der Waals surface area contributed by atoms with Crippen LogP contribution in [0.3, 0.4) is 0 Å². The van der Waals surface area contributed by atoms with Gasteiger partial charge in [-0.1, -0.05) is 13.8 Å². The second-order valence-corrected chi connectivity index (χ2v) is 7.77. The average Bonchev–Trinajstić information content (AvgIpc) is 2.83. The zero-order valence-electron chi connectivity index (χ0n) is 16.7. The van der Waals surface area contributed by atoms with Gasteiger partial charge in [-0.2, -0.15) is 0 Å². The van der Waals surface area contributed by atoms with Crippen LogP contribution in [0.25, 0.3) is 0 Å².